The molecule has 0 fully saturated rings. The quantitative estimate of drug-likeness (QED) is 0.463. The van der Waals surface area contributed by atoms with E-state index in [1.54, 1.807) is 0 Å². The van der Waals surface area contributed by atoms with Gasteiger partial charge in [-0.2, -0.15) is 5.10 Å². The third-order valence-corrected chi connectivity index (χ3v) is 8.21. The molecule has 1 aromatic heterocycles. The fourth-order valence-corrected chi connectivity index (χ4v) is 4.96. The second-order valence-corrected chi connectivity index (χ2v) is 10.6. The van der Waals surface area contributed by atoms with Crippen LogP contribution in [0, 0.1) is 11.6 Å². The summed E-state index contributed by atoms with van der Waals surface area (Å²) in [4.78, 5) is 3.79. The molecule has 0 aliphatic carbocycles. The van der Waals surface area contributed by atoms with Crippen molar-refractivity contribution in [3.63, 3.8) is 0 Å². The van der Waals surface area contributed by atoms with Crippen LogP contribution in [0.25, 0.3) is 0 Å². The van der Waals surface area contributed by atoms with Crippen LogP contribution in [0.4, 0.5) is 8.78 Å². The molecule has 1 N–H and O–H groups in total. The molecular weight excluding hydrogens is 440 g/mol. The van der Waals surface area contributed by atoms with Crippen LogP contribution >= 0.6 is 0 Å². The number of halogens is 2. The number of nitrogens with zero attached hydrogens (tertiary/aromatic N) is 3. The maximum absolute atomic E-state index is 14.7. The Balaban J connectivity index is 1.87. The largest absolute Gasteiger partial charge is 0.381 e. The highest BCUT2D eigenvalue weighted by Crippen LogP contribution is 2.41. The van der Waals surface area contributed by atoms with Gasteiger partial charge in [0.2, 0.25) is 0 Å². The summed E-state index contributed by atoms with van der Waals surface area (Å²) >= 11 is 0. The summed E-state index contributed by atoms with van der Waals surface area (Å²) in [5, 5.41) is 15.6. The summed E-state index contributed by atoms with van der Waals surface area (Å²) in [6.07, 6.45) is 2.48. The van der Waals surface area contributed by atoms with Crippen LogP contribution in [-0.4, -0.2) is 45.4 Å². The number of hydrogen-bond donors (Lipinski definition) is 1. The van der Waals surface area contributed by atoms with E-state index in [2.05, 4.69) is 10.1 Å². The molecule has 1 heterocycles. The summed E-state index contributed by atoms with van der Waals surface area (Å²) in [6.45, 7) is 2.31. The van der Waals surface area contributed by atoms with Crippen LogP contribution in [0.2, 0.25) is 0 Å². The number of aromatic nitrogens is 3. The number of sulfone groups is 1. The molecule has 1 atom stereocenters. The van der Waals surface area contributed by atoms with Crippen molar-refractivity contribution in [3.8, 4) is 0 Å². The van der Waals surface area contributed by atoms with Crippen LogP contribution in [0.15, 0.2) is 61.2 Å². The number of rotatable bonds is 10. The molecule has 1 unspecified atom stereocenters. The van der Waals surface area contributed by atoms with Crippen LogP contribution in [0.1, 0.15) is 25.0 Å². The topological polar surface area (TPSA) is 94.3 Å². The average Bonchev–Trinajstić information content (AvgIpc) is 3.24. The Morgan fingerprint density at radius 2 is 1.84 bits per heavy atom. The minimum Gasteiger partial charge on any atom is -0.381 e. The van der Waals surface area contributed by atoms with Gasteiger partial charge in [-0.05, 0) is 25.5 Å². The van der Waals surface area contributed by atoms with E-state index in [0.29, 0.717) is 6.07 Å². The van der Waals surface area contributed by atoms with Gasteiger partial charge in [0.15, 0.2) is 9.84 Å². The third-order valence-electron chi connectivity index (χ3n) is 5.62. The molecular formula is C22H25F2N3O4S. The van der Waals surface area contributed by atoms with Crippen molar-refractivity contribution in [2.24, 2.45) is 0 Å². The zero-order valence-electron chi connectivity index (χ0n) is 17.8. The number of ether oxygens (including phenoxy) is 1. The molecule has 0 saturated carbocycles. The molecule has 172 valence electrons. The van der Waals surface area contributed by atoms with Crippen molar-refractivity contribution in [2.75, 3.05) is 12.4 Å². The van der Waals surface area contributed by atoms with Gasteiger partial charge < -0.3 is 9.84 Å². The highest BCUT2D eigenvalue weighted by atomic mass is 32.2. The Bertz CT molecular complexity index is 1140. The zero-order chi connectivity index (χ0) is 23.4. The highest BCUT2D eigenvalue weighted by molar-refractivity contribution is 7.92. The highest BCUT2D eigenvalue weighted by Gasteiger charge is 2.54. The summed E-state index contributed by atoms with van der Waals surface area (Å²) in [6, 6.07) is 11.9. The zero-order valence-corrected chi connectivity index (χ0v) is 18.6. The maximum Gasteiger partial charge on any atom is 0.160 e. The summed E-state index contributed by atoms with van der Waals surface area (Å²) in [5.74, 6) is -2.31. The van der Waals surface area contributed by atoms with Crippen molar-refractivity contribution in [1.29, 1.82) is 0 Å². The van der Waals surface area contributed by atoms with Gasteiger partial charge >= 0.3 is 0 Å². The molecule has 0 radical (unpaired) electrons. The smallest absolute Gasteiger partial charge is 0.160 e. The lowest BCUT2D eigenvalue weighted by Gasteiger charge is -2.42. The van der Waals surface area contributed by atoms with Crippen molar-refractivity contribution < 1.29 is 27.0 Å². The Hall–Kier alpha value is -2.69. The first kappa shape index (κ1) is 24.0. The van der Waals surface area contributed by atoms with Gasteiger partial charge in [-0.1, -0.05) is 36.4 Å². The maximum atomic E-state index is 14.7. The third kappa shape index (κ3) is 4.87. The first-order valence-electron chi connectivity index (χ1n) is 9.91. The fraction of sp³-hybridized carbons (Fsp3) is 0.364. The van der Waals surface area contributed by atoms with E-state index in [1.165, 1.54) is 31.2 Å². The minimum absolute atomic E-state index is 0.119. The molecule has 0 aliphatic rings. The Labute approximate surface area is 185 Å². The molecule has 32 heavy (non-hydrogen) atoms. The van der Waals surface area contributed by atoms with Crippen LogP contribution in [-0.2, 0) is 33.3 Å². The van der Waals surface area contributed by atoms with E-state index < -0.39 is 44.1 Å². The first-order valence-corrected chi connectivity index (χ1v) is 11.6. The number of benzene rings is 2. The fourth-order valence-electron chi connectivity index (χ4n) is 3.42. The predicted octanol–water partition coefficient (Wildman–Crippen LogP) is 2.85. The van der Waals surface area contributed by atoms with E-state index >= 15 is 0 Å². The molecule has 3 aromatic rings. The van der Waals surface area contributed by atoms with Crippen molar-refractivity contribution >= 4 is 9.84 Å². The van der Waals surface area contributed by atoms with E-state index in [9.17, 15) is 22.3 Å². The van der Waals surface area contributed by atoms with Crippen LogP contribution < -0.4 is 0 Å². The molecule has 10 heteroatoms. The second-order valence-electron chi connectivity index (χ2n) is 7.94. The normalized spacial score (nSPS) is 14.3. The monoisotopic (exact) mass is 465 g/mol. The van der Waals surface area contributed by atoms with Gasteiger partial charge in [0.25, 0.3) is 0 Å². The summed E-state index contributed by atoms with van der Waals surface area (Å²) in [7, 11) is -4.05. The van der Waals surface area contributed by atoms with E-state index in [1.807, 2.05) is 30.3 Å². The lowest BCUT2D eigenvalue weighted by atomic mass is 9.82. The minimum atomic E-state index is -4.05. The second kappa shape index (κ2) is 9.43. The molecule has 2 aromatic carbocycles. The van der Waals surface area contributed by atoms with E-state index in [4.69, 9.17) is 4.74 Å². The Kier molecular flexibility index (Phi) is 7.06. The van der Waals surface area contributed by atoms with E-state index in [-0.39, 0.29) is 18.8 Å². The van der Waals surface area contributed by atoms with Crippen molar-refractivity contribution in [2.45, 2.75) is 37.3 Å². The molecule has 7 nitrogen and oxygen atoms in total. The Morgan fingerprint density at radius 3 is 2.47 bits per heavy atom. The molecule has 0 bridgehead atoms. The van der Waals surface area contributed by atoms with Gasteiger partial charge in [0.1, 0.15) is 34.6 Å². The summed E-state index contributed by atoms with van der Waals surface area (Å²) < 4.78 is 59.7. The molecule has 0 aliphatic heterocycles. The van der Waals surface area contributed by atoms with E-state index in [0.717, 1.165) is 17.7 Å². The predicted molar refractivity (Wildman–Crippen MR) is 114 cm³/mol. The van der Waals surface area contributed by atoms with Gasteiger partial charge in [0, 0.05) is 11.6 Å². The van der Waals surface area contributed by atoms with Gasteiger partial charge in [0.05, 0.1) is 25.5 Å². The first-order chi connectivity index (χ1) is 15.1. The molecule has 0 saturated heterocycles. The lowest BCUT2D eigenvalue weighted by Crippen LogP contribution is -2.56. The van der Waals surface area contributed by atoms with Crippen LogP contribution in [0.3, 0.4) is 0 Å². The van der Waals surface area contributed by atoms with Gasteiger partial charge in [-0.25, -0.2) is 26.9 Å². The molecule has 3 rings (SSSR count). The Morgan fingerprint density at radius 1 is 1.12 bits per heavy atom. The number of aliphatic hydroxyl groups is 1. The SMILES string of the molecule is CC(C)(C(O)(Cn1cncn1)c1ccc(F)cc1F)S(=O)(=O)CCOCc1ccccc1. The summed E-state index contributed by atoms with van der Waals surface area (Å²) in [5.41, 5.74) is -1.75. The van der Waals surface area contributed by atoms with Crippen molar-refractivity contribution in [3.05, 3.63) is 83.9 Å². The molecule has 0 amide bonds. The average molecular weight is 466 g/mol. The van der Waals surface area contributed by atoms with Crippen molar-refractivity contribution in [1.82, 2.24) is 14.8 Å². The lowest BCUT2D eigenvalue weighted by molar-refractivity contribution is -0.0204. The van der Waals surface area contributed by atoms with Gasteiger partial charge in [-0.15, -0.1) is 0 Å². The van der Waals surface area contributed by atoms with Gasteiger partial charge in [-0.3, -0.25) is 0 Å². The molecule has 0 spiro atoms. The standard InChI is InChI=1S/C22H25F2N3O4S/c1-21(2,32(29,30)11-10-31-13-17-6-4-3-5-7-17)22(28,14-27-16-25-15-26-27)19-9-8-18(23)12-20(19)24/h3-9,12,15-16,28H,10-11,13-14H2,1-2H3. The number of hydrogen-bond acceptors (Lipinski definition) is 6. The van der Waals surface area contributed by atoms with Crippen LogP contribution in [0.5, 0.6) is 0 Å².